The minimum Gasteiger partial charge on any atom is -0.537 e. The van der Waals surface area contributed by atoms with E-state index in [9.17, 15) is 67.9 Å². The maximum atomic E-state index is 13.6. The van der Waals surface area contributed by atoms with E-state index in [2.05, 4.69) is 110 Å². The summed E-state index contributed by atoms with van der Waals surface area (Å²) in [6.07, 6.45) is 1.04. The minimum atomic E-state index is -4.70. The monoisotopic (exact) mass is 1820 g/mol. The number of rotatable bonds is 38. The molecular formula is C87H146B5F10N10O15. The molecular weight excluding hydrogens is 1670 g/mol. The Balaban J connectivity index is -0.000000451. The van der Waals surface area contributed by atoms with E-state index in [0.717, 1.165) is 107 Å². The van der Waals surface area contributed by atoms with Gasteiger partial charge in [0.15, 0.2) is 11.6 Å². The number of hydrogen-bond donors (Lipinski definition) is 17. The standard InChI is InChI=1S/C13H17BF3NO3.C13H16BF3NO3.C12H15BF2NO3.C12H17BFNO3.C12H16BFNO3.5C5H13N/c1-3-8(2)7-18-12(19)9-4-10(13(15,16)17)6-11(5-9)14(20)21;1-3-8(2)7-18-12(19)10-5-4-9(21-14-20)6-11(10)13(15,16)17;1-3-7(2)6-16-12(17)8-4-5-9(19-13-18)11(15)10(8)14;1-3-8(2)7-15-12(16)9-4-10(13(17)18)6-11(14)5-9;1-3-8(2)7-15-12(16)10-5-4-9(18-13-17)6-11(10)14;5*1-3-5(2)4-6/h4-6,8,20-21H,3,7H2,1-2H3,(H,18,19);4-6,8,20H,3,7H2,1-2H3,(H,18,19);4-5,7,18H,3,6H2,1-2H3,(H,16,17);4-6,8,17-18H,3,7H2,1-2H3,(H,15,16);4-6,8,17H,3,7H2,1-2H3,(H,15,16);5*5H,3-4,6H2,1-2H3. The van der Waals surface area contributed by atoms with Gasteiger partial charge in [-0.05, 0) is 176 Å². The van der Waals surface area contributed by atoms with E-state index in [1.165, 1.54) is 56.4 Å². The molecule has 10 unspecified atom stereocenters. The second-order valence-corrected chi connectivity index (χ2v) is 31.0. The van der Waals surface area contributed by atoms with E-state index in [1.807, 2.05) is 69.2 Å². The molecule has 40 heteroatoms. The molecule has 127 heavy (non-hydrogen) atoms. The summed E-state index contributed by atoms with van der Waals surface area (Å²) in [6, 6.07) is 14.5. The summed E-state index contributed by atoms with van der Waals surface area (Å²) in [5.41, 5.74) is 22.7. The number of nitrogens with one attached hydrogen (secondary N) is 5. The predicted molar refractivity (Wildman–Crippen MR) is 489 cm³/mol. The van der Waals surface area contributed by atoms with Gasteiger partial charge in [-0.15, -0.1) is 0 Å². The molecule has 0 bridgehead atoms. The number of hydrogen-bond acceptors (Lipinski definition) is 20. The minimum absolute atomic E-state index is 0.0383. The summed E-state index contributed by atoms with van der Waals surface area (Å²) >= 11 is 0. The van der Waals surface area contributed by atoms with Crippen molar-refractivity contribution in [3.05, 3.63) is 147 Å². The van der Waals surface area contributed by atoms with E-state index >= 15 is 0 Å². The Morgan fingerprint density at radius 2 is 0.646 bits per heavy atom. The van der Waals surface area contributed by atoms with Crippen LogP contribution in [0.4, 0.5) is 43.9 Å². The fourth-order valence-electron chi connectivity index (χ4n) is 8.13. The number of benzene rings is 5. The van der Waals surface area contributed by atoms with Crippen molar-refractivity contribution in [2.24, 2.45) is 87.8 Å². The molecule has 3 radical (unpaired) electrons. The van der Waals surface area contributed by atoms with E-state index in [1.54, 1.807) is 0 Å². The van der Waals surface area contributed by atoms with Crippen LogP contribution < -0.4 is 80.1 Å². The summed E-state index contributed by atoms with van der Waals surface area (Å²) in [4.78, 5) is 58.9. The van der Waals surface area contributed by atoms with Gasteiger partial charge in [-0.3, -0.25) is 24.0 Å². The van der Waals surface area contributed by atoms with Crippen molar-refractivity contribution in [1.29, 1.82) is 0 Å². The first-order chi connectivity index (χ1) is 59.5. The van der Waals surface area contributed by atoms with Gasteiger partial charge in [0, 0.05) is 49.9 Å². The molecule has 10 atom stereocenters. The molecule has 0 saturated carbocycles. The van der Waals surface area contributed by atoms with Crippen molar-refractivity contribution in [3.63, 3.8) is 0 Å². The predicted octanol–water partition coefficient (Wildman–Crippen LogP) is 11.9. The molecule has 0 aliphatic rings. The third-order valence-corrected chi connectivity index (χ3v) is 19.9. The Bertz CT molecular complexity index is 3690. The highest BCUT2D eigenvalue weighted by Crippen LogP contribution is 2.35. The second kappa shape index (κ2) is 73.7. The van der Waals surface area contributed by atoms with Gasteiger partial charge in [-0.25, -0.2) is 13.2 Å². The Morgan fingerprint density at radius 3 is 0.937 bits per heavy atom. The van der Waals surface area contributed by atoms with Crippen LogP contribution in [0.2, 0.25) is 0 Å². The number of carbonyl (C=O) groups is 5. The van der Waals surface area contributed by atoms with Crippen LogP contribution in [0, 0.1) is 82.4 Å². The number of nitrogens with two attached hydrogens (primary N) is 5. The van der Waals surface area contributed by atoms with Crippen molar-refractivity contribution in [2.75, 3.05) is 65.4 Å². The van der Waals surface area contributed by atoms with Gasteiger partial charge in [0.25, 0.3) is 29.5 Å². The van der Waals surface area contributed by atoms with E-state index in [4.69, 9.17) is 63.8 Å². The average Bonchev–Trinajstić information content (AvgIpc) is 0.797. The highest BCUT2D eigenvalue weighted by atomic mass is 19.4. The summed E-state index contributed by atoms with van der Waals surface area (Å²) in [5.74, 6) is -2.68. The largest absolute Gasteiger partial charge is 0.569 e. The van der Waals surface area contributed by atoms with E-state index in [0.29, 0.717) is 100 Å². The van der Waals surface area contributed by atoms with Crippen LogP contribution in [0.3, 0.4) is 0 Å². The SMILES string of the molecule is CCC(C)CN.CCC(C)CN.CCC(C)CN.CCC(C)CN.CCC(C)CN.CCC(C)CNC(=O)c1cc(B(O)O)cc(C(F)(F)F)c1.CCC(C)CNC(=O)c1cc(F)cc(B(O)O)c1.CCC(C)CNC(=O)c1ccc(O[B]O)c(F)c1F.CCC(C)CNC(=O)c1ccc(O[B]O)cc1C(F)(F)F.CCC(C)CNC(=O)c1ccc(O[B]O)cc1F. The zero-order chi connectivity index (χ0) is 98.9. The summed E-state index contributed by atoms with van der Waals surface area (Å²) in [5, 5.41) is 74.1. The molecule has 5 aromatic rings. The molecule has 5 aromatic carbocycles. The number of halogens is 10. The lowest BCUT2D eigenvalue weighted by Gasteiger charge is -2.15. The summed E-state index contributed by atoms with van der Waals surface area (Å²) < 4.78 is 145. The van der Waals surface area contributed by atoms with Gasteiger partial charge in [0.2, 0.25) is 0 Å². The lowest BCUT2D eigenvalue weighted by Crippen LogP contribution is -2.34. The Labute approximate surface area is 750 Å². The van der Waals surface area contributed by atoms with Crippen LogP contribution >= 0.6 is 0 Å². The quantitative estimate of drug-likeness (QED) is 0.0129. The smallest absolute Gasteiger partial charge is 0.537 e. The third-order valence-electron chi connectivity index (χ3n) is 19.9. The third kappa shape index (κ3) is 59.8. The zero-order valence-corrected chi connectivity index (χ0v) is 77.9. The topological polar surface area (TPSA) is 445 Å². The molecule has 5 rings (SSSR count). The molecule has 0 aliphatic carbocycles. The maximum Gasteiger partial charge on any atom is 0.569 e. The molecule has 0 aliphatic heterocycles. The first kappa shape index (κ1) is 127. The van der Waals surface area contributed by atoms with Gasteiger partial charge in [0.1, 0.15) is 28.9 Å². The van der Waals surface area contributed by atoms with Crippen molar-refractivity contribution in [2.45, 2.75) is 215 Å². The molecule has 0 saturated heterocycles. The van der Waals surface area contributed by atoms with Gasteiger partial charge in [-0.1, -0.05) is 209 Å². The first-order valence-electron chi connectivity index (χ1n) is 43.0. The molecule has 0 aromatic heterocycles. The number of carbonyl (C=O) groups excluding carboxylic acids is 5. The average molecular weight is 1820 g/mol. The van der Waals surface area contributed by atoms with Crippen molar-refractivity contribution < 1.29 is 117 Å². The normalized spacial score (nSPS) is 12.8. The Kier molecular flexibility index (Phi) is 74.0. The maximum absolute atomic E-state index is 13.6. The Morgan fingerprint density at radius 1 is 0.354 bits per heavy atom. The van der Waals surface area contributed by atoms with Gasteiger partial charge < -0.3 is 104 Å². The lowest BCUT2D eigenvalue weighted by molar-refractivity contribution is -0.138. The first-order valence-corrected chi connectivity index (χ1v) is 43.0. The van der Waals surface area contributed by atoms with E-state index in [-0.39, 0.29) is 72.2 Å². The fourth-order valence-corrected chi connectivity index (χ4v) is 8.13. The number of alkyl halides is 6. The van der Waals surface area contributed by atoms with Crippen molar-refractivity contribution in [3.8, 4) is 17.2 Å². The van der Waals surface area contributed by atoms with Crippen LogP contribution in [0.1, 0.15) is 266 Å². The van der Waals surface area contributed by atoms with Crippen molar-refractivity contribution in [1.82, 2.24) is 26.6 Å². The van der Waals surface area contributed by atoms with Crippen LogP contribution in [-0.4, -0.2) is 167 Å². The molecule has 719 valence electrons. The van der Waals surface area contributed by atoms with Crippen LogP contribution in [0.25, 0.3) is 0 Å². The van der Waals surface area contributed by atoms with E-state index < -0.39 is 107 Å². The van der Waals surface area contributed by atoms with Crippen LogP contribution in [0.15, 0.2) is 84.9 Å². The summed E-state index contributed by atoms with van der Waals surface area (Å²) in [7, 11) is -2.90. The summed E-state index contributed by atoms with van der Waals surface area (Å²) in [6.45, 7) is 47.3. The second-order valence-electron chi connectivity index (χ2n) is 31.0. The lowest BCUT2D eigenvalue weighted by atomic mass is 9.78. The molecule has 0 fully saturated rings. The molecule has 22 N–H and O–H groups in total. The number of amides is 5. The Hall–Kier alpha value is -8.01. The molecule has 0 heterocycles. The highest BCUT2D eigenvalue weighted by Gasteiger charge is 2.36. The zero-order valence-electron chi connectivity index (χ0n) is 77.9. The molecule has 0 spiro atoms. The highest BCUT2D eigenvalue weighted by molar-refractivity contribution is 6.59. The van der Waals surface area contributed by atoms with Gasteiger partial charge in [0.05, 0.1) is 27.8 Å². The van der Waals surface area contributed by atoms with Crippen LogP contribution in [0.5, 0.6) is 17.2 Å². The van der Waals surface area contributed by atoms with Crippen LogP contribution in [-0.2, 0) is 12.4 Å². The molecule has 5 amide bonds. The van der Waals surface area contributed by atoms with Gasteiger partial charge in [-0.2, -0.15) is 30.7 Å². The van der Waals surface area contributed by atoms with Gasteiger partial charge >= 0.3 is 49.6 Å². The molecule has 25 nitrogen and oxygen atoms in total. The van der Waals surface area contributed by atoms with Crippen molar-refractivity contribution >= 4 is 77.8 Å². The fraction of sp³-hybridized carbons (Fsp3) is 0.598.